The zero-order chi connectivity index (χ0) is 8.27. The first-order chi connectivity index (χ1) is 5.25. The lowest BCUT2D eigenvalue weighted by molar-refractivity contribution is -0.389. The molecule has 0 unspecified atom stereocenters. The topological polar surface area (TPSA) is 58.9 Å². The third-order valence-corrected chi connectivity index (χ3v) is 1.17. The van der Waals surface area contributed by atoms with Crippen LogP contribution in [0.25, 0.3) is 0 Å². The first-order valence-electron chi connectivity index (χ1n) is 3.00. The predicted molar refractivity (Wildman–Crippen MR) is 40.0 cm³/mol. The van der Waals surface area contributed by atoms with Gasteiger partial charge in [-0.25, -0.2) is 4.98 Å². The van der Waals surface area contributed by atoms with Crippen LogP contribution in [0.1, 0.15) is 12.5 Å². The summed E-state index contributed by atoms with van der Waals surface area (Å²) in [4.78, 5) is 12.3. The SMILES string of the molecule is CC#Cc1cc[nH]c1[N+](=O)[O-]. The maximum absolute atomic E-state index is 10.3. The van der Waals surface area contributed by atoms with Gasteiger partial charge in [-0.3, -0.25) is 0 Å². The van der Waals surface area contributed by atoms with Gasteiger partial charge in [-0.1, -0.05) is 5.92 Å². The van der Waals surface area contributed by atoms with Gasteiger partial charge in [-0.2, -0.15) is 0 Å². The van der Waals surface area contributed by atoms with Gasteiger partial charge in [0.1, 0.15) is 5.56 Å². The molecule has 0 atom stereocenters. The Morgan fingerprint density at radius 3 is 3.00 bits per heavy atom. The molecular formula is C7H6N2O2. The highest BCUT2D eigenvalue weighted by molar-refractivity contribution is 5.46. The molecule has 4 nitrogen and oxygen atoms in total. The van der Waals surface area contributed by atoms with Crippen LogP contribution >= 0.6 is 0 Å². The third-order valence-electron chi connectivity index (χ3n) is 1.17. The second-order valence-electron chi connectivity index (χ2n) is 1.87. The Kier molecular flexibility index (Phi) is 1.93. The standard InChI is InChI=1S/C7H6N2O2/c1-2-3-6-4-5-8-7(6)9(10)11/h4-5,8H,1H3. The van der Waals surface area contributed by atoms with Crippen molar-refractivity contribution in [3.8, 4) is 11.8 Å². The van der Waals surface area contributed by atoms with Gasteiger partial charge in [0, 0.05) is 6.07 Å². The molecule has 0 aliphatic rings. The molecule has 1 N–H and O–H groups in total. The van der Waals surface area contributed by atoms with Gasteiger partial charge in [0.15, 0.2) is 0 Å². The molecule has 1 rings (SSSR count). The minimum absolute atomic E-state index is 0.0423. The van der Waals surface area contributed by atoms with E-state index in [9.17, 15) is 10.1 Å². The quantitative estimate of drug-likeness (QED) is 0.372. The molecule has 0 spiro atoms. The molecular weight excluding hydrogens is 144 g/mol. The Morgan fingerprint density at radius 1 is 1.73 bits per heavy atom. The van der Waals surface area contributed by atoms with Crippen LogP contribution in [0.15, 0.2) is 12.3 Å². The van der Waals surface area contributed by atoms with Gasteiger partial charge >= 0.3 is 5.82 Å². The molecule has 0 bridgehead atoms. The van der Waals surface area contributed by atoms with E-state index < -0.39 is 4.92 Å². The van der Waals surface area contributed by atoms with Gasteiger partial charge in [-0.15, -0.1) is 5.92 Å². The summed E-state index contributed by atoms with van der Waals surface area (Å²) in [6.45, 7) is 1.64. The summed E-state index contributed by atoms with van der Waals surface area (Å²) < 4.78 is 0. The molecule has 1 aromatic rings. The number of nitrogens with one attached hydrogen (secondary N) is 1. The molecule has 0 saturated carbocycles. The number of hydrogen-bond donors (Lipinski definition) is 1. The van der Waals surface area contributed by atoms with Crippen LogP contribution in [0.3, 0.4) is 0 Å². The zero-order valence-corrected chi connectivity index (χ0v) is 5.92. The molecule has 0 saturated heterocycles. The minimum Gasteiger partial charge on any atom is -0.358 e. The smallest absolute Gasteiger partial charge is 0.336 e. The van der Waals surface area contributed by atoms with Crippen molar-refractivity contribution in [1.82, 2.24) is 4.98 Å². The molecule has 56 valence electrons. The highest BCUT2D eigenvalue weighted by Crippen LogP contribution is 2.13. The number of nitro groups is 1. The van der Waals surface area contributed by atoms with E-state index in [2.05, 4.69) is 16.8 Å². The number of H-pyrrole nitrogens is 1. The lowest BCUT2D eigenvalue weighted by Gasteiger charge is -1.88. The van der Waals surface area contributed by atoms with E-state index in [-0.39, 0.29) is 5.82 Å². The molecule has 1 aromatic heterocycles. The first-order valence-corrected chi connectivity index (χ1v) is 3.00. The third kappa shape index (κ3) is 1.38. The summed E-state index contributed by atoms with van der Waals surface area (Å²) >= 11 is 0. The minimum atomic E-state index is -0.486. The van der Waals surface area contributed by atoms with Crippen LogP contribution < -0.4 is 0 Å². The van der Waals surface area contributed by atoms with E-state index in [1.165, 1.54) is 6.20 Å². The molecule has 0 radical (unpaired) electrons. The largest absolute Gasteiger partial charge is 0.358 e. The van der Waals surface area contributed by atoms with Crippen molar-refractivity contribution in [2.24, 2.45) is 0 Å². The summed E-state index contributed by atoms with van der Waals surface area (Å²) in [5.41, 5.74) is 0.428. The maximum atomic E-state index is 10.3. The Balaban J connectivity index is 3.12. The van der Waals surface area contributed by atoms with E-state index in [0.29, 0.717) is 5.56 Å². The van der Waals surface area contributed by atoms with Gasteiger partial charge in [-0.05, 0) is 11.8 Å². The number of hydrogen-bond acceptors (Lipinski definition) is 2. The van der Waals surface area contributed by atoms with Gasteiger partial charge in [0.25, 0.3) is 0 Å². The summed E-state index contributed by atoms with van der Waals surface area (Å²) in [7, 11) is 0. The van der Waals surface area contributed by atoms with E-state index in [4.69, 9.17) is 0 Å². The lowest BCUT2D eigenvalue weighted by atomic mass is 10.3. The molecule has 0 fully saturated rings. The van der Waals surface area contributed by atoms with Crippen LogP contribution in [0, 0.1) is 22.0 Å². The monoisotopic (exact) mass is 150 g/mol. The highest BCUT2D eigenvalue weighted by atomic mass is 16.6. The lowest BCUT2D eigenvalue weighted by Crippen LogP contribution is -1.89. The van der Waals surface area contributed by atoms with Crippen LogP contribution in [0.2, 0.25) is 0 Å². The van der Waals surface area contributed by atoms with Crippen molar-refractivity contribution >= 4 is 5.82 Å². The molecule has 11 heavy (non-hydrogen) atoms. The van der Waals surface area contributed by atoms with Crippen molar-refractivity contribution in [3.63, 3.8) is 0 Å². The van der Waals surface area contributed by atoms with Crippen molar-refractivity contribution in [3.05, 3.63) is 27.9 Å². The fourth-order valence-corrected chi connectivity index (χ4v) is 0.747. The number of aromatic nitrogens is 1. The number of rotatable bonds is 1. The second kappa shape index (κ2) is 2.88. The maximum Gasteiger partial charge on any atom is 0.336 e. The number of nitrogens with zero attached hydrogens (tertiary/aromatic N) is 1. The Bertz CT molecular complexity index is 330. The van der Waals surface area contributed by atoms with E-state index >= 15 is 0 Å². The summed E-state index contributed by atoms with van der Waals surface area (Å²) in [5.74, 6) is 5.16. The highest BCUT2D eigenvalue weighted by Gasteiger charge is 2.09. The van der Waals surface area contributed by atoms with E-state index in [0.717, 1.165) is 0 Å². The molecule has 0 aromatic carbocycles. The fraction of sp³-hybridized carbons (Fsp3) is 0.143. The summed E-state index contributed by atoms with van der Waals surface area (Å²) in [6.07, 6.45) is 1.50. The first kappa shape index (κ1) is 7.35. The van der Waals surface area contributed by atoms with Gasteiger partial charge < -0.3 is 10.1 Å². The van der Waals surface area contributed by atoms with Crippen LogP contribution in [-0.2, 0) is 0 Å². The molecule has 0 amide bonds. The molecule has 1 heterocycles. The zero-order valence-electron chi connectivity index (χ0n) is 5.92. The Hall–Kier alpha value is -1.76. The Labute approximate surface area is 63.4 Å². The van der Waals surface area contributed by atoms with Crippen LogP contribution in [-0.4, -0.2) is 9.91 Å². The summed E-state index contributed by atoms with van der Waals surface area (Å²) in [5, 5.41) is 10.3. The van der Waals surface area contributed by atoms with Gasteiger partial charge in [0.2, 0.25) is 0 Å². The van der Waals surface area contributed by atoms with Crippen molar-refractivity contribution < 1.29 is 4.92 Å². The van der Waals surface area contributed by atoms with Crippen LogP contribution in [0.4, 0.5) is 5.82 Å². The van der Waals surface area contributed by atoms with Crippen molar-refractivity contribution in [1.29, 1.82) is 0 Å². The van der Waals surface area contributed by atoms with E-state index in [1.54, 1.807) is 13.0 Å². The summed E-state index contributed by atoms with van der Waals surface area (Å²) in [6, 6.07) is 1.58. The predicted octanol–water partition coefficient (Wildman–Crippen LogP) is 1.29. The second-order valence-corrected chi connectivity index (χ2v) is 1.87. The average molecular weight is 150 g/mol. The van der Waals surface area contributed by atoms with E-state index in [1.807, 2.05) is 0 Å². The van der Waals surface area contributed by atoms with Crippen LogP contribution in [0.5, 0.6) is 0 Å². The Morgan fingerprint density at radius 2 is 2.45 bits per heavy atom. The van der Waals surface area contributed by atoms with Crippen molar-refractivity contribution in [2.45, 2.75) is 6.92 Å². The van der Waals surface area contributed by atoms with Crippen molar-refractivity contribution in [2.75, 3.05) is 0 Å². The molecule has 0 aliphatic heterocycles. The normalized spacial score (nSPS) is 8.45. The number of aromatic amines is 1. The molecule has 0 aliphatic carbocycles. The average Bonchev–Trinajstić information content (AvgIpc) is 2.36. The van der Waals surface area contributed by atoms with Gasteiger partial charge in [0.05, 0.1) is 6.20 Å². The fourth-order valence-electron chi connectivity index (χ4n) is 0.747. The molecule has 4 heteroatoms.